The summed E-state index contributed by atoms with van der Waals surface area (Å²) >= 11 is 3.15. The number of fused-ring (bicyclic) bond motifs is 1. The van der Waals surface area contributed by atoms with Crippen LogP contribution in [0.1, 0.15) is 46.6 Å². The largest absolute Gasteiger partial charge is 0.454 e. The molecule has 0 N–H and O–H groups in total. The molecule has 1 aromatic carbocycles. The zero-order chi connectivity index (χ0) is 19.8. The van der Waals surface area contributed by atoms with Crippen LogP contribution in [0.3, 0.4) is 0 Å². The van der Waals surface area contributed by atoms with E-state index in [-0.39, 0.29) is 18.7 Å². The lowest BCUT2D eigenvalue weighted by molar-refractivity contribution is 0.0668. The van der Waals surface area contributed by atoms with Crippen LogP contribution in [-0.2, 0) is 6.54 Å². The summed E-state index contributed by atoms with van der Waals surface area (Å²) in [5.41, 5.74) is 2.97. The van der Waals surface area contributed by atoms with E-state index in [9.17, 15) is 4.79 Å². The van der Waals surface area contributed by atoms with Crippen LogP contribution in [-0.4, -0.2) is 28.6 Å². The molecule has 3 aromatic rings. The first-order chi connectivity index (χ1) is 14.2. The summed E-state index contributed by atoms with van der Waals surface area (Å²) in [6.07, 6.45) is 4.48. The summed E-state index contributed by atoms with van der Waals surface area (Å²) in [7, 11) is 0. The number of thiazole rings is 1. The number of amides is 1. The number of rotatable bonds is 5. The number of thiophene rings is 1. The van der Waals surface area contributed by atoms with Gasteiger partial charge in [-0.3, -0.25) is 4.79 Å². The van der Waals surface area contributed by atoms with Gasteiger partial charge in [0.05, 0.1) is 5.69 Å². The molecule has 7 heteroatoms. The highest BCUT2D eigenvalue weighted by Gasteiger charge is 2.30. The molecular weight excluding hydrogens is 404 g/mol. The Hall–Kier alpha value is -2.38. The van der Waals surface area contributed by atoms with Crippen molar-refractivity contribution in [2.24, 2.45) is 0 Å². The Bertz CT molecular complexity index is 1020. The molecule has 0 atom stereocenters. The van der Waals surface area contributed by atoms with Gasteiger partial charge in [-0.25, -0.2) is 4.98 Å². The van der Waals surface area contributed by atoms with Crippen molar-refractivity contribution in [3.8, 4) is 22.1 Å². The second-order valence-electron chi connectivity index (χ2n) is 7.50. The Morgan fingerprint density at radius 3 is 2.83 bits per heavy atom. The molecule has 150 valence electrons. The van der Waals surface area contributed by atoms with Crippen LogP contribution in [0.4, 0.5) is 0 Å². The summed E-state index contributed by atoms with van der Waals surface area (Å²) in [6.45, 7) is 2.77. The van der Waals surface area contributed by atoms with Gasteiger partial charge in [-0.1, -0.05) is 18.9 Å². The molecule has 1 saturated carbocycles. The van der Waals surface area contributed by atoms with Crippen molar-refractivity contribution >= 4 is 28.6 Å². The molecule has 1 fully saturated rings. The van der Waals surface area contributed by atoms with Gasteiger partial charge in [0.1, 0.15) is 9.88 Å². The highest BCUT2D eigenvalue weighted by molar-refractivity contribution is 7.17. The molecular formula is C22H22N2O3S2. The Balaban J connectivity index is 1.44. The summed E-state index contributed by atoms with van der Waals surface area (Å²) in [5.74, 6) is 1.62. The lowest BCUT2D eigenvalue weighted by Gasteiger charge is -2.29. The van der Waals surface area contributed by atoms with E-state index >= 15 is 0 Å². The number of nitrogens with zero attached hydrogens (tertiary/aromatic N) is 2. The molecule has 1 aliphatic carbocycles. The fourth-order valence-corrected chi connectivity index (χ4v) is 5.79. The molecule has 29 heavy (non-hydrogen) atoms. The Kier molecular flexibility index (Phi) is 5.01. The minimum absolute atomic E-state index is 0.0889. The average Bonchev–Trinajstić information content (AvgIpc) is 3.52. The van der Waals surface area contributed by atoms with E-state index in [0.29, 0.717) is 6.54 Å². The third-order valence-corrected chi connectivity index (χ3v) is 7.45. The average molecular weight is 427 g/mol. The molecule has 1 amide bonds. The molecule has 2 aromatic heterocycles. The summed E-state index contributed by atoms with van der Waals surface area (Å²) in [5, 5.41) is 5.04. The zero-order valence-corrected chi connectivity index (χ0v) is 17.9. The predicted octanol–water partition coefficient (Wildman–Crippen LogP) is 5.49. The van der Waals surface area contributed by atoms with E-state index in [1.165, 1.54) is 24.2 Å². The van der Waals surface area contributed by atoms with Gasteiger partial charge < -0.3 is 14.4 Å². The standard InChI is InChI=1S/C22H22N2O3S2/c1-14-20(29-21(23-14)16-8-9-28-12-16)22(25)24(17-4-2-3-5-17)11-15-6-7-18-19(10-15)27-13-26-18/h6-10,12,17H,2-5,11,13H2,1H3. The van der Waals surface area contributed by atoms with Gasteiger partial charge >= 0.3 is 0 Å². The van der Waals surface area contributed by atoms with Crippen LogP contribution in [0.2, 0.25) is 0 Å². The van der Waals surface area contributed by atoms with E-state index in [4.69, 9.17) is 9.47 Å². The van der Waals surface area contributed by atoms with Crippen LogP contribution >= 0.6 is 22.7 Å². The number of hydrogen-bond donors (Lipinski definition) is 0. The minimum Gasteiger partial charge on any atom is -0.454 e. The third kappa shape index (κ3) is 3.65. The van der Waals surface area contributed by atoms with Crippen LogP contribution in [0.15, 0.2) is 35.0 Å². The molecule has 0 saturated heterocycles. The van der Waals surface area contributed by atoms with Gasteiger partial charge in [-0.2, -0.15) is 11.3 Å². The van der Waals surface area contributed by atoms with Crippen molar-refractivity contribution in [1.29, 1.82) is 0 Å². The molecule has 0 radical (unpaired) electrons. The van der Waals surface area contributed by atoms with Crippen molar-refractivity contribution in [1.82, 2.24) is 9.88 Å². The van der Waals surface area contributed by atoms with Crippen molar-refractivity contribution in [3.63, 3.8) is 0 Å². The van der Waals surface area contributed by atoms with Gasteiger partial charge in [0.25, 0.3) is 5.91 Å². The molecule has 0 spiro atoms. The second-order valence-corrected chi connectivity index (χ2v) is 9.28. The summed E-state index contributed by atoms with van der Waals surface area (Å²) in [4.78, 5) is 21.1. The lowest BCUT2D eigenvalue weighted by Crippen LogP contribution is -2.38. The van der Waals surface area contributed by atoms with E-state index in [2.05, 4.69) is 16.4 Å². The SMILES string of the molecule is Cc1nc(-c2ccsc2)sc1C(=O)N(Cc1ccc2c(c1)OCO2)C1CCCC1. The van der Waals surface area contributed by atoms with Gasteiger partial charge in [0.2, 0.25) is 6.79 Å². The van der Waals surface area contributed by atoms with Crippen molar-refractivity contribution in [3.05, 3.63) is 51.2 Å². The highest BCUT2D eigenvalue weighted by atomic mass is 32.1. The number of aromatic nitrogens is 1. The summed E-state index contributed by atoms with van der Waals surface area (Å²) in [6, 6.07) is 8.28. The topological polar surface area (TPSA) is 51.7 Å². The fourth-order valence-electron chi connectivity index (χ4n) is 4.05. The van der Waals surface area contributed by atoms with Gasteiger partial charge in [0, 0.05) is 23.5 Å². The maximum atomic E-state index is 13.6. The number of ether oxygens (including phenoxy) is 2. The number of hydrogen-bond acceptors (Lipinski definition) is 6. The van der Waals surface area contributed by atoms with Crippen molar-refractivity contribution in [2.45, 2.75) is 45.2 Å². The fraction of sp³-hybridized carbons (Fsp3) is 0.364. The number of benzene rings is 1. The Morgan fingerprint density at radius 1 is 1.21 bits per heavy atom. The van der Waals surface area contributed by atoms with Crippen molar-refractivity contribution < 1.29 is 14.3 Å². The first kappa shape index (κ1) is 18.6. The normalized spacial score (nSPS) is 15.8. The van der Waals surface area contributed by atoms with Crippen LogP contribution < -0.4 is 9.47 Å². The monoisotopic (exact) mass is 426 g/mol. The molecule has 2 aliphatic rings. The molecule has 1 aliphatic heterocycles. The first-order valence-electron chi connectivity index (χ1n) is 9.88. The van der Waals surface area contributed by atoms with E-state index in [0.717, 1.165) is 51.0 Å². The molecule has 3 heterocycles. The molecule has 5 rings (SSSR count). The van der Waals surface area contributed by atoms with Crippen molar-refractivity contribution in [2.75, 3.05) is 6.79 Å². The molecule has 0 bridgehead atoms. The Labute approximate surface area is 177 Å². The zero-order valence-electron chi connectivity index (χ0n) is 16.2. The first-order valence-corrected chi connectivity index (χ1v) is 11.6. The van der Waals surface area contributed by atoms with Crippen LogP contribution in [0.25, 0.3) is 10.6 Å². The lowest BCUT2D eigenvalue weighted by atomic mass is 10.1. The number of carbonyl (C=O) groups excluding carboxylic acids is 1. The van der Waals surface area contributed by atoms with E-state index < -0.39 is 0 Å². The molecule has 5 nitrogen and oxygen atoms in total. The van der Waals surface area contributed by atoms with Gasteiger partial charge in [0.15, 0.2) is 11.5 Å². The summed E-state index contributed by atoms with van der Waals surface area (Å²) < 4.78 is 10.9. The smallest absolute Gasteiger partial charge is 0.266 e. The minimum atomic E-state index is 0.0889. The van der Waals surface area contributed by atoms with Crippen LogP contribution in [0.5, 0.6) is 11.5 Å². The highest BCUT2D eigenvalue weighted by Crippen LogP contribution is 2.35. The number of aryl methyl sites for hydroxylation is 1. The predicted molar refractivity (Wildman–Crippen MR) is 115 cm³/mol. The third-order valence-electron chi connectivity index (χ3n) is 5.58. The Morgan fingerprint density at radius 2 is 2.03 bits per heavy atom. The van der Waals surface area contributed by atoms with E-state index in [1.807, 2.05) is 35.4 Å². The van der Waals surface area contributed by atoms with Gasteiger partial charge in [-0.15, -0.1) is 11.3 Å². The maximum absolute atomic E-state index is 13.6. The van der Waals surface area contributed by atoms with Crippen LogP contribution in [0, 0.1) is 6.92 Å². The quantitative estimate of drug-likeness (QED) is 0.541. The second kappa shape index (κ2) is 7.80. The van der Waals surface area contributed by atoms with Gasteiger partial charge in [-0.05, 0) is 48.9 Å². The van der Waals surface area contributed by atoms with E-state index in [1.54, 1.807) is 11.3 Å². The number of carbonyl (C=O) groups is 1. The maximum Gasteiger partial charge on any atom is 0.266 e. The molecule has 0 unspecified atom stereocenters.